The summed E-state index contributed by atoms with van der Waals surface area (Å²) in [7, 11) is 5.08. The lowest BCUT2D eigenvalue weighted by Crippen LogP contribution is -2.26. The van der Waals surface area contributed by atoms with E-state index in [9.17, 15) is 9.90 Å². The molecule has 7 nitrogen and oxygen atoms in total. The number of nitrogens with zero attached hydrogens (tertiary/aromatic N) is 4. The van der Waals surface area contributed by atoms with E-state index in [1.807, 2.05) is 0 Å². The maximum atomic E-state index is 11.6. The van der Waals surface area contributed by atoms with E-state index in [-0.39, 0.29) is 5.95 Å². The Morgan fingerprint density at radius 3 is 2.38 bits per heavy atom. The van der Waals surface area contributed by atoms with Gasteiger partial charge in [0.2, 0.25) is 11.8 Å². The van der Waals surface area contributed by atoms with E-state index < -0.39 is 6.09 Å². The first-order valence-corrected chi connectivity index (χ1v) is 6.21. The van der Waals surface area contributed by atoms with Gasteiger partial charge in [-0.25, -0.2) is 9.69 Å². The summed E-state index contributed by atoms with van der Waals surface area (Å²) >= 11 is 0. The molecular weight excluding hydrogens is 272 g/mol. The number of hydrogen-bond donors (Lipinski definition) is 1. The smallest absolute Gasteiger partial charge is 0.418 e. The maximum Gasteiger partial charge on any atom is 0.418 e. The van der Waals surface area contributed by atoms with Crippen LogP contribution in [0.4, 0.5) is 22.2 Å². The van der Waals surface area contributed by atoms with Gasteiger partial charge in [-0.1, -0.05) is 18.2 Å². The molecule has 2 rings (SSSR count). The summed E-state index contributed by atoms with van der Waals surface area (Å²) in [4.78, 5) is 22.7. The molecule has 0 atom stereocenters. The molecule has 21 heavy (non-hydrogen) atoms. The zero-order chi connectivity index (χ0) is 15.4. The molecule has 0 bridgehead atoms. The second-order valence-corrected chi connectivity index (χ2v) is 4.42. The summed E-state index contributed by atoms with van der Waals surface area (Å²) in [6.45, 7) is 0. The number of hydrogen-bond acceptors (Lipinski definition) is 5. The molecule has 7 heteroatoms. The van der Waals surface area contributed by atoms with Crippen LogP contribution in [0.1, 0.15) is 0 Å². The number of methoxy groups -OCH3 is 1. The molecule has 1 N–H and O–H groups in total. The molecule has 0 aliphatic carbocycles. The quantitative estimate of drug-likeness (QED) is 0.930. The largest absolute Gasteiger partial charge is 0.481 e. The summed E-state index contributed by atoms with van der Waals surface area (Å²) in [5.41, 5.74) is 0.461. The van der Waals surface area contributed by atoms with Crippen molar-refractivity contribution in [1.82, 2.24) is 9.97 Å². The van der Waals surface area contributed by atoms with Crippen molar-refractivity contribution in [2.24, 2.45) is 0 Å². The predicted octanol–water partition coefficient (Wildman–Crippen LogP) is 2.37. The van der Waals surface area contributed by atoms with Crippen molar-refractivity contribution in [2.75, 3.05) is 31.0 Å². The molecule has 0 fully saturated rings. The third kappa shape index (κ3) is 3.19. The van der Waals surface area contributed by atoms with Crippen LogP contribution in [0.15, 0.2) is 36.4 Å². The van der Waals surface area contributed by atoms with Crippen LogP contribution in [-0.4, -0.2) is 42.4 Å². The third-order valence-corrected chi connectivity index (χ3v) is 2.75. The lowest BCUT2D eigenvalue weighted by molar-refractivity contribution is 0.204. The van der Waals surface area contributed by atoms with Crippen LogP contribution in [-0.2, 0) is 0 Å². The monoisotopic (exact) mass is 288 g/mol. The van der Waals surface area contributed by atoms with Crippen LogP contribution in [0.25, 0.3) is 0 Å². The van der Waals surface area contributed by atoms with Gasteiger partial charge in [-0.05, 0) is 12.1 Å². The van der Waals surface area contributed by atoms with E-state index in [1.165, 1.54) is 7.11 Å². The van der Waals surface area contributed by atoms with E-state index in [2.05, 4.69) is 9.97 Å². The Morgan fingerprint density at radius 1 is 1.19 bits per heavy atom. The van der Waals surface area contributed by atoms with Crippen molar-refractivity contribution in [3.63, 3.8) is 0 Å². The number of aromatic nitrogens is 2. The van der Waals surface area contributed by atoms with Gasteiger partial charge in [-0.15, -0.1) is 0 Å². The van der Waals surface area contributed by atoms with Crippen LogP contribution in [0.5, 0.6) is 5.88 Å². The summed E-state index contributed by atoms with van der Waals surface area (Å²) in [5, 5.41) is 9.46. The van der Waals surface area contributed by atoms with Gasteiger partial charge in [-0.2, -0.15) is 9.97 Å². The summed E-state index contributed by atoms with van der Waals surface area (Å²) in [6, 6.07) is 10.3. The normalized spacial score (nSPS) is 10.0. The third-order valence-electron chi connectivity index (χ3n) is 2.75. The van der Waals surface area contributed by atoms with Gasteiger partial charge in [0.05, 0.1) is 12.8 Å². The Labute approximate surface area is 122 Å². The Hall–Kier alpha value is -2.83. The molecular formula is C14H16N4O3. The fraction of sp³-hybridized carbons (Fsp3) is 0.214. The molecule has 1 amide bonds. The Bertz CT molecular complexity index is 631. The number of benzene rings is 1. The lowest BCUT2D eigenvalue weighted by Gasteiger charge is -2.20. The average molecular weight is 288 g/mol. The highest BCUT2D eigenvalue weighted by Crippen LogP contribution is 2.26. The van der Waals surface area contributed by atoms with E-state index >= 15 is 0 Å². The average Bonchev–Trinajstić information content (AvgIpc) is 2.47. The number of rotatable bonds is 4. The zero-order valence-electron chi connectivity index (χ0n) is 12.0. The first-order chi connectivity index (χ1) is 10.0. The highest BCUT2D eigenvalue weighted by Gasteiger charge is 2.21. The second-order valence-electron chi connectivity index (χ2n) is 4.42. The second kappa shape index (κ2) is 6.08. The molecule has 0 aliphatic rings. The Morgan fingerprint density at radius 2 is 1.86 bits per heavy atom. The topological polar surface area (TPSA) is 78.8 Å². The summed E-state index contributed by atoms with van der Waals surface area (Å²) < 4.78 is 5.11. The fourth-order valence-corrected chi connectivity index (χ4v) is 1.72. The highest BCUT2D eigenvalue weighted by molar-refractivity contribution is 5.92. The van der Waals surface area contributed by atoms with Gasteiger partial charge >= 0.3 is 6.09 Å². The Balaban J connectivity index is 2.55. The molecule has 2 aromatic rings. The molecule has 0 unspecified atom stereocenters. The minimum Gasteiger partial charge on any atom is -0.481 e. The van der Waals surface area contributed by atoms with Crippen molar-refractivity contribution >= 4 is 23.5 Å². The van der Waals surface area contributed by atoms with E-state index in [0.29, 0.717) is 17.4 Å². The van der Waals surface area contributed by atoms with Gasteiger partial charge in [-0.3, -0.25) is 0 Å². The number of para-hydroxylation sites is 1. The van der Waals surface area contributed by atoms with Crippen molar-refractivity contribution < 1.29 is 14.6 Å². The van der Waals surface area contributed by atoms with Gasteiger partial charge in [0.1, 0.15) is 5.82 Å². The van der Waals surface area contributed by atoms with Crippen LogP contribution >= 0.6 is 0 Å². The number of carbonyl (C=O) groups is 1. The first kappa shape index (κ1) is 14.6. The van der Waals surface area contributed by atoms with Gasteiger partial charge in [0.15, 0.2) is 0 Å². The van der Waals surface area contributed by atoms with Gasteiger partial charge in [0.25, 0.3) is 0 Å². The van der Waals surface area contributed by atoms with Crippen molar-refractivity contribution in [3.8, 4) is 5.88 Å². The standard InChI is InChI=1S/C14H16N4O3/c1-17(2)11-9-12(21-3)16-13(15-11)18(14(19)20)10-7-5-4-6-8-10/h4-9H,1-3H3,(H,19,20). The van der Waals surface area contributed by atoms with Crippen molar-refractivity contribution in [2.45, 2.75) is 0 Å². The highest BCUT2D eigenvalue weighted by atomic mass is 16.5. The first-order valence-electron chi connectivity index (χ1n) is 6.21. The Kier molecular flexibility index (Phi) is 4.22. The molecule has 0 spiro atoms. The molecule has 0 aliphatic heterocycles. The summed E-state index contributed by atoms with van der Waals surface area (Å²) in [6.07, 6.45) is -1.17. The molecule has 110 valence electrons. The number of carboxylic acid groups (broad SMARTS) is 1. The molecule has 0 radical (unpaired) electrons. The van der Waals surface area contributed by atoms with Crippen LogP contribution in [0.2, 0.25) is 0 Å². The van der Waals surface area contributed by atoms with Gasteiger partial charge in [0, 0.05) is 20.2 Å². The molecule has 0 saturated carbocycles. The number of anilines is 3. The minimum absolute atomic E-state index is 0.0387. The predicted molar refractivity (Wildman–Crippen MR) is 79.5 cm³/mol. The summed E-state index contributed by atoms with van der Waals surface area (Å²) in [5.74, 6) is 0.890. The SMILES string of the molecule is COc1cc(N(C)C)nc(N(C(=O)O)c2ccccc2)n1. The van der Waals surface area contributed by atoms with Crippen LogP contribution < -0.4 is 14.5 Å². The minimum atomic E-state index is -1.17. The molecule has 0 saturated heterocycles. The van der Waals surface area contributed by atoms with E-state index in [0.717, 1.165) is 4.90 Å². The maximum absolute atomic E-state index is 11.6. The number of ether oxygens (including phenoxy) is 1. The van der Waals surface area contributed by atoms with Crippen LogP contribution in [0, 0.1) is 0 Å². The fourth-order valence-electron chi connectivity index (χ4n) is 1.72. The molecule has 1 aromatic heterocycles. The van der Waals surface area contributed by atoms with Crippen molar-refractivity contribution in [3.05, 3.63) is 36.4 Å². The van der Waals surface area contributed by atoms with Crippen LogP contribution in [0.3, 0.4) is 0 Å². The zero-order valence-corrected chi connectivity index (χ0v) is 12.0. The van der Waals surface area contributed by atoms with E-state index in [4.69, 9.17) is 4.74 Å². The number of amides is 1. The van der Waals surface area contributed by atoms with Crippen molar-refractivity contribution in [1.29, 1.82) is 0 Å². The lowest BCUT2D eigenvalue weighted by atomic mass is 10.3. The molecule has 1 aromatic carbocycles. The molecule has 1 heterocycles. The van der Waals surface area contributed by atoms with Gasteiger partial charge < -0.3 is 14.7 Å². The van der Waals surface area contributed by atoms with E-state index in [1.54, 1.807) is 55.4 Å².